The normalized spacial score (nSPS) is 11.0. The maximum Gasteiger partial charge on any atom is 0.271 e. The number of nitrogens with zero attached hydrogens (tertiary/aromatic N) is 3. The summed E-state index contributed by atoms with van der Waals surface area (Å²) in [5, 5.41) is 5.71. The molecular weight excluding hydrogens is 370 g/mol. The highest BCUT2D eigenvalue weighted by Gasteiger charge is 2.10. The topological polar surface area (TPSA) is 83.6 Å². The number of hydrogen-bond acceptors (Lipinski definition) is 5. The molecule has 1 amide bonds. The van der Waals surface area contributed by atoms with Crippen molar-refractivity contribution in [2.45, 2.75) is 32.2 Å². The number of imidazole rings is 1. The Kier molecular flexibility index (Phi) is 5.72. The molecule has 4 aromatic rings. The molecule has 142 valence electrons. The molecule has 0 fully saturated rings. The van der Waals surface area contributed by atoms with Crippen LogP contribution in [0.25, 0.3) is 11.0 Å². The van der Waals surface area contributed by atoms with E-state index >= 15 is 0 Å². The molecule has 0 aliphatic carbocycles. The summed E-state index contributed by atoms with van der Waals surface area (Å²) in [6.45, 7) is 0.455. The Hall–Kier alpha value is -3.06. The second-order valence-corrected chi connectivity index (χ2v) is 7.52. The van der Waals surface area contributed by atoms with E-state index in [-0.39, 0.29) is 5.91 Å². The van der Waals surface area contributed by atoms with E-state index in [1.54, 1.807) is 23.7 Å². The summed E-state index contributed by atoms with van der Waals surface area (Å²) < 4.78 is 0. The van der Waals surface area contributed by atoms with Crippen molar-refractivity contribution in [1.29, 1.82) is 0 Å². The predicted molar refractivity (Wildman–Crippen MR) is 110 cm³/mol. The molecule has 4 rings (SSSR count). The third kappa shape index (κ3) is 4.61. The lowest BCUT2D eigenvalue weighted by molar-refractivity contribution is 0.0946. The summed E-state index contributed by atoms with van der Waals surface area (Å²) >= 11 is 1.54. The average Bonchev–Trinajstić information content (AvgIpc) is 3.37. The summed E-state index contributed by atoms with van der Waals surface area (Å²) in [6, 6.07) is 11.9. The lowest BCUT2D eigenvalue weighted by atomic mass is 10.2. The Labute approximate surface area is 167 Å². The number of hydrogen-bond donors (Lipinski definition) is 2. The third-order valence-corrected chi connectivity index (χ3v) is 5.36. The molecular formula is C21H21N5OS. The van der Waals surface area contributed by atoms with E-state index in [2.05, 4.69) is 25.3 Å². The fourth-order valence-corrected chi connectivity index (χ4v) is 3.82. The third-order valence-electron chi connectivity index (χ3n) is 4.45. The van der Waals surface area contributed by atoms with Crippen LogP contribution in [0.5, 0.6) is 0 Å². The van der Waals surface area contributed by atoms with Gasteiger partial charge in [0, 0.05) is 30.7 Å². The first-order chi connectivity index (χ1) is 13.8. The van der Waals surface area contributed by atoms with Crippen molar-refractivity contribution in [1.82, 2.24) is 25.3 Å². The number of aromatic amines is 1. The van der Waals surface area contributed by atoms with Crippen molar-refractivity contribution in [2.75, 3.05) is 0 Å². The summed E-state index contributed by atoms with van der Waals surface area (Å²) in [5.74, 6) is 0.879. The van der Waals surface area contributed by atoms with Gasteiger partial charge in [0.1, 0.15) is 11.5 Å². The molecule has 3 aromatic heterocycles. The number of thiazole rings is 1. The van der Waals surface area contributed by atoms with Gasteiger partial charge in [-0.25, -0.2) is 9.97 Å². The zero-order valence-electron chi connectivity index (χ0n) is 15.4. The lowest BCUT2D eigenvalue weighted by Crippen LogP contribution is -2.23. The first kappa shape index (κ1) is 18.3. The number of carbonyl (C=O) groups excluding carboxylic acids is 1. The highest BCUT2D eigenvalue weighted by atomic mass is 32.1. The number of amides is 1. The molecule has 0 aliphatic heterocycles. The highest BCUT2D eigenvalue weighted by molar-refractivity contribution is 7.09. The largest absolute Gasteiger partial charge is 0.347 e. The van der Waals surface area contributed by atoms with Crippen LogP contribution in [-0.2, 0) is 19.4 Å². The Bertz CT molecular complexity index is 1020. The number of H-pyrrole nitrogens is 1. The quantitative estimate of drug-likeness (QED) is 0.446. The van der Waals surface area contributed by atoms with Gasteiger partial charge in [0.25, 0.3) is 5.91 Å². The smallest absolute Gasteiger partial charge is 0.271 e. The predicted octanol–water partition coefficient (Wildman–Crippen LogP) is 3.91. The van der Waals surface area contributed by atoms with Gasteiger partial charge in [-0.15, -0.1) is 11.3 Å². The van der Waals surface area contributed by atoms with Crippen LogP contribution in [0.4, 0.5) is 0 Å². The molecule has 0 saturated carbocycles. The molecule has 28 heavy (non-hydrogen) atoms. The molecule has 6 nitrogen and oxygen atoms in total. The van der Waals surface area contributed by atoms with Crippen molar-refractivity contribution in [3.05, 3.63) is 76.3 Å². The van der Waals surface area contributed by atoms with Crippen molar-refractivity contribution in [3.63, 3.8) is 0 Å². The Balaban J connectivity index is 1.22. The number of carbonyl (C=O) groups is 1. The Morgan fingerprint density at radius 3 is 2.82 bits per heavy atom. The minimum atomic E-state index is -0.145. The molecule has 7 heteroatoms. The minimum Gasteiger partial charge on any atom is -0.347 e. The number of rotatable bonds is 8. The second kappa shape index (κ2) is 8.75. The fraction of sp³-hybridized carbons (Fsp3) is 0.238. The van der Waals surface area contributed by atoms with E-state index in [0.717, 1.165) is 53.1 Å². The molecule has 0 saturated heterocycles. The summed E-state index contributed by atoms with van der Waals surface area (Å²) in [6.07, 6.45) is 7.30. The van der Waals surface area contributed by atoms with Crippen LogP contribution in [0.1, 0.15) is 39.7 Å². The number of nitrogens with one attached hydrogen (secondary N) is 2. The van der Waals surface area contributed by atoms with E-state index in [9.17, 15) is 4.79 Å². The number of aryl methyl sites for hydroxylation is 2. The van der Waals surface area contributed by atoms with Gasteiger partial charge in [-0.1, -0.05) is 18.2 Å². The van der Waals surface area contributed by atoms with Crippen LogP contribution < -0.4 is 5.32 Å². The van der Waals surface area contributed by atoms with Gasteiger partial charge in [0.05, 0.1) is 16.0 Å². The number of benzene rings is 1. The van der Waals surface area contributed by atoms with E-state index in [0.29, 0.717) is 12.2 Å². The van der Waals surface area contributed by atoms with E-state index < -0.39 is 0 Å². The number of pyridine rings is 1. The van der Waals surface area contributed by atoms with Gasteiger partial charge >= 0.3 is 0 Å². The van der Waals surface area contributed by atoms with Gasteiger partial charge in [0.2, 0.25) is 0 Å². The number of fused-ring (bicyclic) bond motifs is 1. The van der Waals surface area contributed by atoms with Gasteiger partial charge in [0.15, 0.2) is 0 Å². The van der Waals surface area contributed by atoms with Crippen LogP contribution in [0.15, 0.2) is 54.2 Å². The zero-order valence-corrected chi connectivity index (χ0v) is 16.2. The lowest BCUT2D eigenvalue weighted by Gasteiger charge is -2.02. The van der Waals surface area contributed by atoms with E-state index in [1.165, 1.54) is 0 Å². The Morgan fingerprint density at radius 2 is 1.96 bits per heavy atom. The monoisotopic (exact) mass is 391 g/mol. The molecule has 0 aliphatic rings. The van der Waals surface area contributed by atoms with Gasteiger partial charge in [-0.3, -0.25) is 9.78 Å². The molecule has 0 unspecified atom stereocenters. The molecule has 1 aromatic carbocycles. The highest BCUT2D eigenvalue weighted by Crippen LogP contribution is 2.15. The maximum atomic E-state index is 12.2. The number of para-hydroxylation sites is 2. The van der Waals surface area contributed by atoms with Crippen molar-refractivity contribution >= 4 is 28.3 Å². The summed E-state index contributed by atoms with van der Waals surface area (Å²) in [7, 11) is 0. The van der Waals surface area contributed by atoms with Crippen LogP contribution in [0.3, 0.4) is 0 Å². The first-order valence-corrected chi connectivity index (χ1v) is 10.2. The standard InChI is InChI=1S/C21H21N5OS/c27-21(23-13-15-6-5-11-22-12-15)18-14-28-20(26-18)10-4-3-9-19-24-16-7-1-2-8-17(16)25-19/h1-2,5-8,11-12,14H,3-4,9-10,13H2,(H,23,27)(H,24,25). The minimum absolute atomic E-state index is 0.145. The zero-order chi connectivity index (χ0) is 19.2. The number of aromatic nitrogens is 4. The Morgan fingerprint density at radius 1 is 1.07 bits per heavy atom. The van der Waals surface area contributed by atoms with Gasteiger partial charge < -0.3 is 10.3 Å². The van der Waals surface area contributed by atoms with Gasteiger partial charge in [-0.05, 0) is 43.0 Å². The maximum absolute atomic E-state index is 12.2. The van der Waals surface area contributed by atoms with Crippen LogP contribution in [0.2, 0.25) is 0 Å². The molecule has 0 atom stereocenters. The molecule has 3 heterocycles. The molecule has 2 N–H and O–H groups in total. The van der Waals surface area contributed by atoms with E-state index in [1.807, 2.05) is 41.8 Å². The SMILES string of the molecule is O=C(NCc1cccnc1)c1csc(CCCCc2nc3ccccc3[nH]2)n1. The molecule has 0 spiro atoms. The van der Waals surface area contributed by atoms with Crippen LogP contribution in [0, 0.1) is 0 Å². The first-order valence-electron chi connectivity index (χ1n) is 9.33. The van der Waals surface area contributed by atoms with Crippen molar-refractivity contribution in [3.8, 4) is 0 Å². The van der Waals surface area contributed by atoms with Crippen molar-refractivity contribution in [2.24, 2.45) is 0 Å². The summed E-state index contributed by atoms with van der Waals surface area (Å²) in [4.78, 5) is 28.7. The van der Waals surface area contributed by atoms with Crippen LogP contribution >= 0.6 is 11.3 Å². The second-order valence-electron chi connectivity index (χ2n) is 6.58. The van der Waals surface area contributed by atoms with Crippen molar-refractivity contribution < 1.29 is 4.79 Å². The van der Waals surface area contributed by atoms with E-state index in [4.69, 9.17) is 0 Å². The number of unbranched alkanes of at least 4 members (excludes halogenated alkanes) is 1. The van der Waals surface area contributed by atoms with Gasteiger partial charge in [-0.2, -0.15) is 0 Å². The average molecular weight is 392 g/mol. The molecule has 0 bridgehead atoms. The van der Waals surface area contributed by atoms with Crippen LogP contribution in [-0.4, -0.2) is 25.8 Å². The fourth-order valence-electron chi connectivity index (χ4n) is 3.00. The molecule has 0 radical (unpaired) electrons. The summed E-state index contributed by atoms with van der Waals surface area (Å²) in [5.41, 5.74) is 3.55.